The molecule has 0 unspecified atom stereocenters. The van der Waals surface area contributed by atoms with Gasteiger partial charge in [0.05, 0.1) is 18.2 Å². The molecule has 2 aliphatic rings. The van der Waals surface area contributed by atoms with Crippen LogP contribution in [-0.4, -0.2) is 71.2 Å². The molecule has 3 heterocycles. The van der Waals surface area contributed by atoms with Crippen LogP contribution in [0.2, 0.25) is 0 Å². The Morgan fingerprint density at radius 3 is 3.00 bits per heavy atom. The number of nitrogens with zero attached hydrogens (tertiary/aromatic N) is 3. The number of piperidine rings is 1. The zero-order valence-electron chi connectivity index (χ0n) is 13.9. The average molecular weight is 356 g/mol. The molecule has 2 N–H and O–H groups in total. The first-order chi connectivity index (χ1) is 11.6. The summed E-state index contributed by atoms with van der Waals surface area (Å²) in [5, 5.41) is 22.1. The van der Waals surface area contributed by atoms with Gasteiger partial charge in [0.1, 0.15) is 11.6 Å². The first-order valence-electron chi connectivity index (χ1n) is 8.27. The molecule has 2 saturated heterocycles. The summed E-state index contributed by atoms with van der Waals surface area (Å²) >= 11 is 1.31. The Hall–Kier alpha value is -1.13. The molecule has 3 rings (SSSR count). The summed E-state index contributed by atoms with van der Waals surface area (Å²) < 4.78 is 10.9. The lowest BCUT2D eigenvalue weighted by Crippen LogP contribution is -2.55. The van der Waals surface area contributed by atoms with Gasteiger partial charge in [-0.2, -0.15) is 0 Å². The highest BCUT2D eigenvalue weighted by Gasteiger charge is 2.43. The molecule has 1 aromatic heterocycles. The van der Waals surface area contributed by atoms with Gasteiger partial charge in [-0.1, -0.05) is 11.3 Å². The molecule has 24 heavy (non-hydrogen) atoms. The number of nitrogens with one attached hydrogen (secondary N) is 1. The summed E-state index contributed by atoms with van der Waals surface area (Å²) in [6, 6.07) is 0. The van der Waals surface area contributed by atoms with E-state index in [9.17, 15) is 9.90 Å². The highest BCUT2D eigenvalue weighted by atomic mass is 32.1. The van der Waals surface area contributed by atoms with Gasteiger partial charge in [0.15, 0.2) is 0 Å². The standard InChI is InChI=1S/C15H24N4O4S/c1-22-10-13-17-18-14(24-13)16-12(21)9-19-6-4-15(5-7-19)11(20)3-2-8-23-15/h11,20H,2-10H2,1H3,(H,16,18,21)/t11-/m1/s1. The third kappa shape index (κ3) is 4.09. The number of carbonyl (C=O) groups excluding carboxylic acids is 1. The van der Waals surface area contributed by atoms with E-state index in [2.05, 4.69) is 20.4 Å². The summed E-state index contributed by atoms with van der Waals surface area (Å²) in [4.78, 5) is 14.2. The molecule has 0 radical (unpaired) electrons. The number of aliphatic hydroxyl groups is 1. The topological polar surface area (TPSA) is 96.8 Å². The number of ether oxygens (including phenoxy) is 2. The van der Waals surface area contributed by atoms with E-state index >= 15 is 0 Å². The smallest absolute Gasteiger partial charge is 0.240 e. The monoisotopic (exact) mass is 356 g/mol. The van der Waals surface area contributed by atoms with E-state index in [0.717, 1.165) is 50.4 Å². The molecule has 134 valence electrons. The SMILES string of the molecule is COCc1nnc(NC(=O)CN2CCC3(CC2)OCCC[C@H]3O)s1. The molecule has 2 fully saturated rings. The third-order valence-corrected chi connectivity index (χ3v) is 5.48. The molecule has 1 spiro atoms. The Labute approximate surface area is 145 Å². The van der Waals surface area contributed by atoms with Gasteiger partial charge in [0.2, 0.25) is 11.0 Å². The van der Waals surface area contributed by atoms with Crippen molar-refractivity contribution in [2.75, 3.05) is 38.7 Å². The van der Waals surface area contributed by atoms with Gasteiger partial charge in [-0.25, -0.2) is 0 Å². The molecule has 9 heteroatoms. The first-order valence-corrected chi connectivity index (χ1v) is 9.08. The van der Waals surface area contributed by atoms with Crippen LogP contribution >= 0.6 is 11.3 Å². The Balaban J connectivity index is 1.46. The van der Waals surface area contributed by atoms with E-state index in [1.54, 1.807) is 7.11 Å². The van der Waals surface area contributed by atoms with Crippen LogP contribution in [0.4, 0.5) is 5.13 Å². The normalized spacial score (nSPS) is 24.2. The van der Waals surface area contributed by atoms with Crippen molar-refractivity contribution < 1.29 is 19.4 Å². The number of aliphatic hydroxyl groups excluding tert-OH is 1. The van der Waals surface area contributed by atoms with Gasteiger partial charge in [-0.15, -0.1) is 10.2 Å². The molecule has 0 saturated carbocycles. The molecule has 0 aromatic carbocycles. The molecule has 1 atom stereocenters. The maximum absolute atomic E-state index is 12.2. The van der Waals surface area contributed by atoms with Gasteiger partial charge in [-0.05, 0) is 25.7 Å². The molecule has 2 aliphatic heterocycles. The zero-order chi connectivity index (χ0) is 17.0. The second-order valence-corrected chi connectivity index (χ2v) is 7.39. The number of hydrogen-bond acceptors (Lipinski definition) is 8. The predicted molar refractivity (Wildman–Crippen MR) is 88.8 cm³/mol. The second-order valence-electron chi connectivity index (χ2n) is 6.33. The van der Waals surface area contributed by atoms with Gasteiger partial charge >= 0.3 is 0 Å². The third-order valence-electron chi connectivity index (χ3n) is 4.67. The van der Waals surface area contributed by atoms with Crippen LogP contribution in [0.1, 0.15) is 30.7 Å². The summed E-state index contributed by atoms with van der Waals surface area (Å²) in [5.41, 5.74) is -0.403. The zero-order valence-corrected chi connectivity index (χ0v) is 14.7. The van der Waals surface area contributed by atoms with E-state index in [1.807, 2.05) is 0 Å². The van der Waals surface area contributed by atoms with Crippen LogP contribution in [0.25, 0.3) is 0 Å². The summed E-state index contributed by atoms with van der Waals surface area (Å²) in [5.74, 6) is -0.101. The van der Waals surface area contributed by atoms with Crippen molar-refractivity contribution >= 4 is 22.4 Å². The van der Waals surface area contributed by atoms with Gasteiger partial charge in [-0.3, -0.25) is 15.0 Å². The lowest BCUT2D eigenvalue weighted by molar-refractivity contribution is -0.177. The lowest BCUT2D eigenvalue weighted by atomic mass is 9.82. The van der Waals surface area contributed by atoms with E-state index in [0.29, 0.717) is 18.3 Å². The van der Waals surface area contributed by atoms with E-state index in [-0.39, 0.29) is 12.0 Å². The van der Waals surface area contributed by atoms with Gasteiger partial charge < -0.3 is 14.6 Å². The maximum Gasteiger partial charge on any atom is 0.240 e. The molecule has 1 aromatic rings. The van der Waals surface area contributed by atoms with Crippen molar-refractivity contribution in [3.8, 4) is 0 Å². The first kappa shape index (κ1) is 17.7. The van der Waals surface area contributed by atoms with Crippen LogP contribution < -0.4 is 5.32 Å². The minimum absolute atomic E-state index is 0.101. The fourth-order valence-corrected chi connectivity index (χ4v) is 4.05. The minimum Gasteiger partial charge on any atom is -0.390 e. The molecular weight excluding hydrogens is 332 g/mol. The van der Waals surface area contributed by atoms with Crippen LogP contribution in [0.3, 0.4) is 0 Å². The lowest BCUT2D eigenvalue weighted by Gasteiger charge is -2.46. The second kappa shape index (κ2) is 7.83. The van der Waals surface area contributed by atoms with Crippen molar-refractivity contribution in [3.05, 3.63) is 5.01 Å². The van der Waals surface area contributed by atoms with Crippen molar-refractivity contribution in [2.45, 2.75) is 44.0 Å². The average Bonchev–Trinajstić information content (AvgIpc) is 3.00. The number of likely N-dealkylation sites (tertiary alicyclic amines) is 1. The van der Waals surface area contributed by atoms with Crippen molar-refractivity contribution in [1.29, 1.82) is 0 Å². The van der Waals surface area contributed by atoms with Crippen molar-refractivity contribution in [3.63, 3.8) is 0 Å². The molecule has 0 aliphatic carbocycles. The van der Waals surface area contributed by atoms with Crippen molar-refractivity contribution in [2.24, 2.45) is 0 Å². The van der Waals surface area contributed by atoms with E-state index < -0.39 is 5.60 Å². The fraction of sp³-hybridized carbons (Fsp3) is 0.800. The summed E-state index contributed by atoms with van der Waals surface area (Å²) in [6.07, 6.45) is 2.86. The predicted octanol–water partition coefficient (Wildman–Crippen LogP) is 0.629. The number of aromatic nitrogens is 2. The van der Waals surface area contributed by atoms with Crippen LogP contribution in [0, 0.1) is 0 Å². The fourth-order valence-electron chi connectivity index (χ4n) is 3.33. The number of carbonyl (C=O) groups is 1. The molecular formula is C15H24N4O4S. The maximum atomic E-state index is 12.2. The van der Waals surface area contributed by atoms with Crippen LogP contribution in [0.5, 0.6) is 0 Å². The Kier molecular flexibility index (Phi) is 5.77. The van der Waals surface area contributed by atoms with Gasteiger partial charge in [0, 0.05) is 26.8 Å². The number of amides is 1. The van der Waals surface area contributed by atoms with E-state index in [4.69, 9.17) is 9.47 Å². The molecule has 8 nitrogen and oxygen atoms in total. The highest BCUT2D eigenvalue weighted by Crippen LogP contribution is 2.35. The number of anilines is 1. The highest BCUT2D eigenvalue weighted by molar-refractivity contribution is 7.15. The quantitative estimate of drug-likeness (QED) is 0.798. The molecule has 0 bridgehead atoms. The van der Waals surface area contributed by atoms with Crippen LogP contribution in [0.15, 0.2) is 0 Å². The van der Waals surface area contributed by atoms with E-state index in [1.165, 1.54) is 11.3 Å². The largest absolute Gasteiger partial charge is 0.390 e. The number of hydrogen-bond donors (Lipinski definition) is 2. The Bertz CT molecular complexity index is 559. The Morgan fingerprint density at radius 2 is 2.29 bits per heavy atom. The van der Waals surface area contributed by atoms with Gasteiger partial charge in [0.25, 0.3) is 0 Å². The number of methoxy groups -OCH3 is 1. The summed E-state index contributed by atoms with van der Waals surface area (Å²) in [6.45, 7) is 2.92. The minimum atomic E-state index is -0.403. The van der Waals surface area contributed by atoms with Crippen LogP contribution in [-0.2, 0) is 20.9 Å². The molecule has 1 amide bonds. The Morgan fingerprint density at radius 1 is 1.50 bits per heavy atom. The number of rotatable bonds is 5. The summed E-state index contributed by atoms with van der Waals surface area (Å²) in [7, 11) is 1.59. The van der Waals surface area contributed by atoms with Crippen molar-refractivity contribution in [1.82, 2.24) is 15.1 Å².